The molecule has 4 nitrogen and oxygen atoms in total. The topological polar surface area (TPSA) is 41.6 Å². The van der Waals surface area contributed by atoms with Crippen LogP contribution in [-0.4, -0.2) is 44.1 Å². The number of carbonyl (C=O) groups is 1. The summed E-state index contributed by atoms with van der Waals surface area (Å²) in [6.45, 7) is 6.30. The molecule has 0 unspecified atom stereocenters. The molecule has 1 aliphatic heterocycles. The molecule has 1 N–H and O–H groups in total. The average Bonchev–Trinajstić information content (AvgIpc) is 2.47. The highest BCUT2D eigenvalue weighted by molar-refractivity contribution is 5.78. The van der Waals surface area contributed by atoms with Gasteiger partial charge in [0, 0.05) is 19.6 Å². The summed E-state index contributed by atoms with van der Waals surface area (Å²) in [5.74, 6) is 1.65. The number of benzene rings is 1. The summed E-state index contributed by atoms with van der Waals surface area (Å²) in [4.78, 5) is 14.4. The van der Waals surface area contributed by atoms with E-state index in [-0.39, 0.29) is 5.91 Å². The summed E-state index contributed by atoms with van der Waals surface area (Å²) >= 11 is 0. The fourth-order valence-electron chi connectivity index (χ4n) is 2.87. The number of piperidine rings is 1. The number of nitrogens with one attached hydrogen (secondary N) is 1. The van der Waals surface area contributed by atoms with Crippen molar-refractivity contribution in [1.82, 2.24) is 10.2 Å². The first-order chi connectivity index (χ1) is 10.2. The Morgan fingerprint density at radius 1 is 1.48 bits per heavy atom. The van der Waals surface area contributed by atoms with Gasteiger partial charge in [-0.15, -0.1) is 0 Å². The Morgan fingerprint density at radius 2 is 2.33 bits per heavy atom. The van der Waals surface area contributed by atoms with E-state index in [1.807, 2.05) is 24.3 Å². The van der Waals surface area contributed by atoms with Crippen molar-refractivity contribution < 1.29 is 9.53 Å². The summed E-state index contributed by atoms with van der Waals surface area (Å²) in [6.07, 6.45) is 3.02. The normalized spacial score (nSPS) is 19.2. The summed E-state index contributed by atoms with van der Waals surface area (Å²) in [7, 11) is 1.64. The minimum absolute atomic E-state index is 0.0771. The molecule has 0 aliphatic carbocycles. The molecule has 4 heteroatoms. The van der Waals surface area contributed by atoms with E-state index < -0.39 is 0 Å². The van der Waals surface area contributed by atoms with E-state index in [9.17, 15) is 4.79 Å². The molecule has 1 aliphatic rings. The Hall–Kier alpha value is -1.55. The number of hydrogen-bond donors (Lipinski definition) is 1. The lowest BCUT2D eigenvalue weighted by molar-refractivity contribution is -0.120. The predicted molar refractivity (Wildman–Crippen MR) is 84.5 cm³/mol. The van der Waals surface area contributed by atoms with Crippen molar-refractivity contribution in [3.8, 4) is 5.75 Å². The van der Waals surface area contributed by atoms with Gasteiger partial charge in [-0.3, -0.25) is 4.79 Å². The first-order valence-corrected chi connectivity index (χ1v) is 7.79. The smallest absolute Gasteiger partial charge is 0.224 e. The van der Waals surface area contributed by atoms with Crippen molar-refractivity contribution >= 4 is 5.91 Å². The van der Waals surface area contributed by atoms with Gasteiger partial charge in [0.2, 0.25) is 5.91 Å². The zero-order valence-electron chi connectivity index (χ0n) is 13.1. The summed E-state index contributed by atoms with van der Waals surface area (Å²) in [5.41, 5.74) is 0.985. The molecule has 1 saturated heterocycles. The van der Waals surface area contributed by atoms with E-state index in [0.29, 0.717) is 6.42 Å². The van der Waals surface area contributed by atoms with Crippen LogP contribution in [0.25, 0.3) is 0 Å². The van der Waals surface area contributed by atoms with Gasteiger partial charge in [0.15, 0.2) is 0 Å². The molecule has 1 fully saturated rings. The number of ether oxygens (including phenoxy) is 1. The Balaban J connectivity index is 1.69. The number of rotatable bonds is 6. The fraction of sp³-hybridized carbons (Fsp3) is 0.588. The number of hydrogen-bond acceptors (Lipinski definition) is 3. The van der Waals surface area contributed by atoms with Crippen LogP contribution in [-0.2, 0) is 11.2 Å². The molecule has 0 radical (unpaired) electrons. The SMILES string of the molecule is COc1cccc(CC(=O)NCCN2CCC[C@@H](C)C2)c1. The van der Waals surface area contributed by atoms with Crippen LogP contribution < -0.4 is 10.1 Å². The first-order valence-electron chi connectivity index (χ1n) is 7.79. The maximum atomic E-state index is 11.9. The van der Waals surface area contributed by atoms with Crippen LogP contribution in [0, 0.1) is 5.92 Å². The zero-order chi connectivity index (χ0) is 15.1. The van der Waals surface area contributed by atoms with E-state index in [1.54, 1.807) is 7.11 Å². The minimum atomic E-state index is 0.0771. The zero-order valence-corrected chi connectivity index (χ0v) is 13.1. The van der Waals surface area contributed by atoms with E-state index in [4.69, 9.17) is 4.74 Å². The highest BCUT2D eigenvalue weighted by Gasteiger charge is 2.15. The van der Waals surface area contributed by atoms with Crippen molar-refractivity contribution in [2.75, 3.05) is 33.3 Å². The van der Waals surface area contributed by atoms with Crippen molar-refractivity contribution in [1.29, 1.82) is 0 Å². The van der Waals surface area contributed by atoms with E-state index >= 15 is 0 Å². The Labute approximate surface area is 127 Å². The molecule has 0 spiro atoms. The van der Waals surface area contributed by atoms with E-state index in [0.717, 1.165) is 43.4 Å². The number of methoxy groups -OCH3 is 1. The molecule has 116 valence electrons. The van der Waals surface area contributed by atoms with Gasteiger partial charge in [-0.05, 0) is 43.0 Å². The molecular formula is C17H26N2O2. The van der Waals surface area contributed by atoms with Crippen molar-refractivity contribution in [3.05, 3.63) is 29.8 Å². The summed E-state index contributed by atoms with van der Waals surface area (Å²) in [5, 5.41) is 3.01. The van der Waals surface area contributed by atoms with Crippen LogP contribution in [0.1, 0.15) is 25.3 Å². The summed E-state index contributed by atoms with van der Waals surface area (Å²) in [6, 6.07) is 7.66. The fourth-order valence-corrected chi connectivity index (χ4v) is 2.87. The van der Waals surface area contributed by atoms with Gasteiger partial charge in [0.1, 0.15) is 5.75 Å². The van der Waals surface area contributed by atoms with Gasteiger partial charge in [-0.1, -0.05) is 19.1 Å². The minimum Gasteiger partial charge on any atom is -0.497 e. The molecule has 1 atom stereocenters. The molecule has 0 bridgehead atoms. The molecule has 21 heavy (non-hydrogen) atoms. The monoisotopic (exact) mass is 290 g/mol. The average molecular weight is 290 g/mol. The van der Waals surface area contributed by atoms with Gasteiger partial charge < -0.3 is 15.0 Å². The third-order valence-corrected chi connectivity index (χ3v) is 3.99. The largest absolute Gasteiger partial charge is 0.497 e. The van der Waals surface area contributed by atoms with Gasteiger partial charge >= 0.3 is 0 Å². The summed E-state index contributed by atoms with van der Waals surface area (Å²) < 4.78 is 5.17. The molecule has 1 heterocycles. The quantitative estimate of drug-likeness (QED) is 0.872. The number of likely N-dealkylation sites (tertiary alicyclic amines) is 1. The van der Waals surface area contributed by atoms with Gasteiger partial charge in [-0.2, -0.15) is 0 Å². The third kappa shape index (κ3) is 5.38. The van der Waals surface area contributed by atoms with Gasteiger partial charge in [0.25, 0.3) is 0 Å². The number of carbonyl (C=O) groups excluding carboxylic acids is 1. The highest BCUT2D eigenvalue weighted by atomic mass is 16.5. The molecule has 0 aromatic heterocycles. The van der Waals surface area contributed by atoms with E-state index in [2.05, 4.69) is 17.1 Å². The predicted octanol–water partition coefficient (Wildman–Crippen LogP) is 2.09. The second kappa shape index (κ2) is 8.03. The molecule has 2 rings (SSSR count). The van der Waals surface area contributed by atoms with Crippen molar-refractivity contribution in [2.45, 2.75) is 26.2 Å². The first kappa shape index (κ1) is 15.8. The van der Waals surface area contributed by atoms with Crippen LogP contribution in [0.15, 0.2) is 24.3 Å². The Kier molecular flexibility index (Phi) is 6.05. The van der Waals surface area contributed by atoms with E-state index in [1.165, 1.54) is 12.8 Å². The lowest BCUT2D eigenvalue weighted by atomic mass is 10.0. The highest BCUT2D eigenvalue weighted by Crippen LogP contribution is 2.15. The lowest BCUT2D eigenvalue weighted by Gasteiger charge is -2.30. The number of amides is 1. The lowest BCUT2D eigenvalue weighted by Crippen LogP contribution is -2.40. The Bertz CT molecular complexity index is 462. The van der Waals surface area contributed by atoms with Gasteiger partial charge in [0.05, 0.1) is 13.5 Å². The maximum absolute atomic E-state index is 11.9. The van der Waals surface area contributed by atoms with Crippen molar-refractivity contribution in [3.63, 3.8) is 0 Å². The van der Waals surface area contributed by atoms with Crippen molar-refractivity contribution in [2.24, 2.45) is 5.92 Å². The van der Waals surface area contributed by atoms with Crippen LogP contribution >= 0.6 is 0 Å². The molecule has 1 amide bonds. The third-order valence-electron chi connectivity index (χ3n) is 3.99. The second-order valence-corrected chi connectivity index (χ2v) is 5.93. The molecule has 1 aromatic rings. The Morgan fingerprint density at radius 3 is 3.10 bits per heavy atom. The number of nitrogens with zero attached hydrogens (tertiary/aromatic N) is 1. The molecule has 1 aromatic carbocycles. The molecular weight excluding hydrogens is 264 g/mol. The van der Waals surface area contributed by atoms with Crippen LogP contribution in [0.2, 0.25) is 0 Å². The standard InChI is InChI=1S/C17H26N2O2/c1-14-5-4-9-19(13-14)10-8-18-17(20)12-15-6-3-7-16(11-15)21-2/h3,6-7,11,14H,4-5,8-10,12-13H2,1-2H3,(H,18,20)/t14-/m1/s1. The second-order valence-electron chi connectivity index (χ2n) is 5.93. The van der Waals surface area contributed by atoms with Crippen LogP contribution in [0.5, 0.6) is 5.75 Å². The molecule has 0 saturated carbocycles. The van der Waals surface area contributed by atoms with Crippen LogP contribution in [0.3, 0.4) is 0 Å². The maximum Gasteiger partial charge on any atom is 0.224 e. The van der Waals surface area contributed by atoms with Crippen LogP contribution in [0.4, 0.5) is 0 Å². The van der Waals surface area contributed by atoms with Gasteiger partial charge in [-0.25, -0.2) is 0 Å².